The molecule has 0 atom stereocenters. The van der Waals surface area contributed by atoms with Gasteiger partial charge in [-0.1, -0.05) is 31.0 Å². The van der Waals surface area contributed by atoms with Crippen molar-refractivity contribution in [2.45, 2.75) is 38.0 Å². The second-order valence-corrected chi connectivity index (χ2v) is 6.88. The number of aryl methyl sites for hydroxylation is 1. The van der Waals surface area contributed by atoms with Gasteiger partial charge in [0, 0.05) is 18.2 Å². The van der Waals surface area contributed by atoms with Gasteiger partial charge in [0.05, 0.1) is 0 Å². The fourth-order valence-electron chi connectivity index (χ4n) is 3.44. The summed E-state index contributed by atoms with van der Waals surface area (Å²) < 4.78 is 13.2. The first-order valence-electron chi connectivity index (χ1n) is 8.32. The van der Waals surface area contributed by atoms with Crippen LogP contribution in [0, 0.1) is 12.7 Å². The maximum Gasteiger partial charge on any atom is 0.171 e. The lowest BCUT2D eigenvalue weighted by Crippen LogP contribution is -2.41. The van der Waals surface area contributed by atoms with E-state index in [4.69, 9.17) is 12.2 Å². The molecule has 1 fully saturated rings. The summed E-state index contributed by atoms with van der Waals surface area (Å²) in [5.41, 5.74) is 2.26. The average Bonchev–Trinajstić information content (AvgIpc) is 3.06. The van der Waals surface area contributed by atoms with E-state index in [9.17, 15) is 4.39 Å². The lowest BCUT2D eigenvalue weighted by molar-refractivity contribution is 0.434. The highest BCUT2D eigenvalue weighted by Crippen LogP contribution is 2.40. The number of pyridine rings is 1. The SMILES string of the molecule is Cc1cccnc1NC(=S)NCC1(c2ccc(F)cc2)CCCC1. The minimum Gasteiger partial charge on any atom is -0.362 e. The smallest absolute Gasteiger partial charge is 0.171 e. The number of nitrogens with zero attached hydrogens (tertiary/aromatic N) is 1. The topological polar surface area (TPSA) is 37.0 Å². The quantitative estimate of drug-likeness (QED) is 0.811. The van der Waals surface area contributed by atoms with Gasteiger partial charge >= 0.3 is 0 Å². The predicted molar refractivity (Wildman–Crippen MR) is 99.7 cm³/mol. The highest BCUT2D eigenvalue weighted by molar-refractivity contribution is 7.80. The van der Waals surface area contributed by atoms with Crippen molar-refractivity contribution in [3.05, 3.63) is 59.5 Å². The average molecular weight is 343 g/mol. The first-order chi connectivity index (χ1) is 11.6. The molecule has 0 unspecified atom stereocenters. The van der Waals surface area contributed by atoms with Crippen molar-refractivity contribution in [1.29, 1.82) is 0 Å². The standard InChI is InChI=1S/C19H22FN3S/c1-14-5-4-12-21-17(14)23-18(24)22-13-19(10-2-3-11-19)15-6-8-16(20)9-7-15/h4-9,12H,2-3,10-11,13H2,1H3,(H2,21,22,23,24). The number of benzene rings is 1. The van der Waals surface area contributed by atoms with Gasteiger partial charge in [0.2, 0.25) is 0 Å². The summed E-state index contributed by atoms with van der Waals surface area (Å²) in [5.74, 6) is 0.583. The number of hydrogen-bond donors (Lipinski definition) is 2. The number of thiocarbonyl (C=S) groups is 1. The van der Waals surface area contributed by atoms with Crippen molar-refractivity contribution in [2.24, 2.45) is 0 Å². The van der Waals surface area contributed by atoms with Crippen LogP contribution in [0.1, 0.15) is 36.8 Å². The van der Waals surface area contributed by atoms with E-state index in [-0.39, 0.29) is 11.2 Å². The van der Waals surface area contributed by atoms with E-state index in [1.807, 2.05) is 31.2 Å². The molecule has 1 heterocycles. The third-order valence-electron chi connectivity index (χ3n) is 4.85. The first kappa shape index (κ1) is 16.8. The monoisotopic (exact) mass is 343 g/mol. The Morgan fingerprint density at radius 3 is 2.58 bits per heavy atom. The van der Waals surface area contributed by atoms with Crippen molar-refractivity contribution >= 4 is 23.1 Å². The zero-order valence-corrected chi connectivity index (χ0v) is 14.6. The Morgan fingerprint density at radius 1 is 1.21 bits per heavy atom. The summed E-state index contributed by atoms with van der Waals surface area (Å²) in [6.07, 6.45) is 6.32. The van der Waals surface area contributed by atoms with Gasteiger partial charge in [-0.05, 0) is 61.3 Å². The van der Waals surface area contributed by atoms with Crippen molar-refractivity contribution in [3.8, 4) is 0 Å². The van der Waals surface area contributed by atoms with E-state index >= 15 is 0 Å². The maximum atomic E-state index is 13.2. The molecule has 0 aliphatic heterocycles. The van der Waals surface area contributed by atoms with Gasteiger partial charge in [-0.2, -0.15) is 0 Å². The Morgan fingerprint density at radius 2 is 1.92 bits per heavy atom. The van der Waals surface area contributed by atoms with Gasteiger partial charge in [-0.25, -0.2) is 9.37 Å². The molecule has 5 heteroatoms. The Labute approximate surface area is 147 Å². The summed E-state index contributed by atoms with van der Waals surface area (Å²) in [7, 11) is 0. The summed E-state index contributed by atoms with van der Waals surface area (Å²) in [4.78, 5) is 4.30. The largest absolute Gasteiger partial charge is 0.362 e. The molecule has 1 saturated carbocycles. The molecule has 0 radical (unpaired) electrons. The van der Waals surface area contributed by atoms with E-state index in [1.165, 1.54) is 18.4 Å². The Bertz CT molecular complexity index is 709. The molecule has 1 aliphatic rings. The van der Waals surface area contributed by atoms with Gasteiger partial charge < -0.3 is 10.6 Å². The molecular weight excluding hydrogens is 321 g/mol. The van der Waals surface area contributed by atoms with Crippen molar-refractivity contribution in [2.75, 3.05) is 11.9 Å². The zero-order valence-electron chi connectivity index (χ0n) is 13.8. The lowest BCUT2D eigenvalue weighted by atomic mass is 9.79. The summed E-state index contributed by atoms with van der Waals surface area (Å²) in [6.45, 7) is 2.74. The second kappa shape index (κ2) is 7.26. The van der Waals surface area contributed by atoms with Crippen LogP contribution in [-0.4, -0.2) is 16.6 Å². The molecule has 0 saturated heterocycles. The molecule has 0 amide bonds. The number of halogens is 1. The molecule has 2 N–H and O–H groups in total. The van der Waals surface area contributed by atoms with Gasteiger partial charge in [0.1, 0.15) is 11.6 Å². The third-order valence-corrected chi connectivity index (χ3v) is 5.09. The van der Waals surface area contributed by atoms with Crippen molar-refractivity contribution in [1.82, 2.24) is 10.3 Å². The Hall–Kier alpha value is -2.01. The van der Waals surface area contributed by atoms with Crippen LogP contribution in [0.15, 0.2) is 42.6 Å². The van der Waals surface area contributed by atoms with Crippen LogP contribution in [-0.2, 0) is 5.41 Å². The van der Waals surface area contributed by atoms with Crippen LogP contribution in [0.25, 0.3) is 0 Å². The summed E-state index contributed by atoms with van der Waals surface area (Å²) in [6, 6.07) is 10.8. The van der Waals surface area contributed by atoms with Crippen molar-refractivity contribution in [3.63, 3.8) is 0 Å². The first-order valence-corrected chi connectivity index (χ1v) is 8.72. The van der Waals surface area contributed by atoms with E-state index in [0.29, 0.717) is 5.11 Å². The molecule has 1 aliphatic carbocycles. The third kappa shape index (κ3) is 3.73. The number of rotatable bonds is 4. The van der Waals surface area contributed by atoms with Gasteiger partial charge in [0.15, 0.2) is 5.11 Å². The van der Waals surface area contributed by atoms with Gasteiger partial charge in [-0.15, -0.1) is 0 Å². The fourth-order valence-corrected chi connectivity index (χ4v) is 3.61. The molecule has 3 rings (SSSR count). The zero-order chi connectivity index (χ0) is 17.0. The second-order valence-electron chi connectivity index (χ2n) is 6.47. The number of hydrogen-bond acceptors (Lipinski definition) is 2. The maximum absolute atomic E-state index is 13.2. The molecule has 24 heavy (non-hydrogen) atoms. The number of aromatic nitrogens is 1. The number of anilines is 1. The van der Waals surface area contributed by atoms with Crippen LogP contribution in [0.3, 0.4) is 0 Å². The Balaban J connectivity index is 1.67. The van der Waals surface area contributed by atoms with Crippen LogP contribution in [0.4, 0.5) is 10.2 Å². The van der Waals surface area contributed by atoms with E-state index in [1.54, 1.807) is 18.3 Å². The van der Waals surface area contributed by atoms with Gasteiger partial charge in [0.25, 0.3) is 0 Å². The summed E-state index contributed by atoms with van der Waals surface area (Å²) >= 11 is 5.43. The summed E-state index contributed by atoms with van der Waals surface area (Å²) in [5, 5.41) is 7.08. The van der Waals surface area contributed by atoms with Crippen LogP contribution < -0.4 is 10.6 Å². The van der Waals surface area contributed by atoms with Crippen LogP contribution in [0.2, 0.25) is 0 Å². The molecule has 1 aromatic heterocycles. The van der Waals surface area contributed by atoms with Crippen molar-refractivity contribution < 1.29 is 4.39 Å². The lowest BCUT2D eigenvalue weighted by Gasteiger charge is -2.30. The Kier molecular flexibility index (Phi) is 5.09. The van der Waals surface area contributed by atoms with E-state index in [0.717, 1.165) is 30.8 Å². The highest BCUT2D eigenvalue weighted by atomic mass is 32.1. The molecular formula is C19H22FN3S. The van der Waals surface area contributed by atoms with Crippen LogP contribution >= 0.6 is 12.2 Å². The molecule has 126 valence electrons. The fraction of sp³-hybridized carbons (Fsp3) is 0.368. The minimum atomic E-state index is -0.192. The molecule has 1 aromatic carbocycles. The molecule has 2 aromatic rings. The van der Waals surface area contributed by atoms with E-state index in [2.05, 4.69) is 15.6 Å². The number of nitrogens with one attached hydrogen (secondary N) is 2. The normalized spacial score (nSPS) is 15.9. The minimum absolute atomic E-state index is 0.0264. The highest BCUT2D eigenvalue weighted by Gasteiger charge is 2.35. The van der Waals surface area contributed by atoms with E-state index < -0.39 is 0 Å². The molecule has 3 nitrogen and oxygen atoms in total. The van der Waals surface area contributed by atoms with Crippen LogP contribution in [0.5, 0.6) is 0 Å². The predicted octanol–water partition coefficient (Wildman–Crippen LogP) is 4.33. The molecule has 0 spiro atoms. The molecule has 0 bridgehead atoms. The van der Waals surface area contributed by atoms with Gasteiger partial charge in [-0.3, -0.25) is 0 Å².